The van der Waals surface area contributed by atoms with Crippen molar-refractivity contribution < 1.29 is 4.79 Å². The molecule has 0 aromatic carbocycles. The SMILES string of the molecule is CNc1nc([C@@H]2CCCN(C(=O)CCC3CCCC3)C2)nc2c1CN(C)CC2. The molecule has 154 valence electrons. The van der Waals surface area contributed by atoms with Crippen LogP contribution in [0.4, 0.5) is 5.82 Å². The molecule has 1 aromatic rings. The van der Waals surface area contributed by atoms with Crippen molar-refractivity contribution in [3.8, 4) is 0 Å². The predicted octanol–water partition coefficient (Wildman–Crippen LogP) is 3.18. The zero-order chi connectivity index (χ0) is 19.5. The lowest BCUT2D eigenvalue weighted by Crippen LogP contribution is -2.40. The van der Waals surface area contributed by atoms with Gasteiger partial charge in [-0.15, -0.1) is 0 Å². The maximum atomic E-state index is 12.8. The molecule has 4 rings (SSSR count). The molecule has 1 aliphatic carbocycles. The Morgan fingerprint density at radius 1 is 1.14 bits per heavy atom. The van der Waals surface area contributed by atoms with Crippen LogP contribution in [-0.4, -0.2) is 59.4 Å². The van der Waals surface area contributed by atoms with Crippen LogP contribution in [0.3, 0.4) is 0 Å². The van der Waals surface area contributed by atoms with E-state index in [4.69, 9.17) is 9.97 Å². The molecule has 1 aromatic heterocycles. The number of hydrogen-bond donors (Lipinski definition) is 1. The number of piperidine rings is 1. The van der Waals surface area contributed by atoms with Gasteiger partial charge in [-0.3, -0.25) is 4.79 Å². The van der Waals surface area contributed by atoms with Gasteiger partial charge in [0.25, 0.3) is 0 Å². The Hall–Kier alpha value is -1.69. The molecular formula is C22H35N5O. The molecule has 0 radical (unpaired) electrons. The highest BCUT2D eigenvalue weighted by Crippen LogP contribution is 2.31. The number of nitrogens with zero attached hydrogens (tertiary/aromatic N) is 4. The van der Waals surface area contributed by atoms with Crippen LogP contribution >= 0.6 is 0 Å². The molecule has 6 heteroatoms. The largest absolute Gasteiger partial charge is 0.373 e. The van der Waals surface area contributed by atoms with Crippen LogP contribution in [0, 0.1) is 5.92 Å². The molecule has 28 heavy (non-hydrogen) atoms. The minimum absolute atomic E-state index is 0.265. The minimum Gasteiger partial charge on any atom is -0.373 e. The lowest BCUT2D eigenvalue weighted by Gasteiger charge is -2.33. The average Bonchev–Trinajstić information content (AvgIpc) is 3.25. The molecule has 1 atom stereocenters. The van der Waals surface area contributed by atoms with E-state index in [9.17, 15) is 4.79 Å². The molecule has 0 bridgehead atoms. The molecule has 0 unspecified atom stereocenters. The van der Waals surface area contributed by atoms with Crippen LogP contribution in [0.15, 0.2) is 0 Å². The van der Waals surface area contributed by atoms with E-state index in [1.807, 2.05) is 7.05 Å². The molecule has 1 saturated heterocycles. The predicted molar refractivity (Wildman–Crippen MR) is 111 cm³/mol. The van der Waals surface area contributed by atoms with E-state index >= 15 is 0 Å². The van der Waals surface area contributed by atoms with Crippen LogP contribution in [0.2, 0.25) is 0 Å². The zero-order valence-corrected chi connectivity index (χ0v) is 17.5. The lowest BCUT2D eigenvalue weighted by atomic mass is 9.95. The summed E-state index contributed by atoms with van der Waals surface area (Å²) in [5.41, 5.74) is 2.43. The van der Waals surface area contributed by atoms with Gasteiger partial charge in [0, 0.05) is 57.5 Å². The first kappa shape index (κ1) is 19.6. The van der Waals surface area contributed by atoms with E-state index in [2.05, 4.69) is 22.2 Å². The van der Waals surface area contributed by atoms with Crippen LogP contribution in [0.1, 0.15) is 74.4 Å². The summed E-state index contributed by atoms with van der Waals surface area (Å²) in [5.74, 6) is 3.29. The number of carbonyl (C=O) groups excluding carboxylic acids is 1. The Labute approximate surface area is 169 Å². The molecule has 1 amide bonds. The maximum Gasteiger partial charge on any atom is 0.222 e. The summed E-state index contributed by atoms with van der Waals surface area (Å²) in [6.45, 7) is 3.63. The Kier molecular flexibility index (Phi) is 6.14. The highest BCUT2D eigenvalue weighted by atomic mass is 16.2. The third kappa shape index (κ3) is 4.32. The molecule has 1 saturated carbocycles. The monoisotopic (exact) mass is 385 g/mol. The first-order valence-corrected chi connectivity index (χ1v) is 11.2. The molecule has 3 aliphatic rings. The Morgan fingerprint density at radius 3 is 2.75 bits per heavy atom. The number of likely N-dealkylation sites (tertiary alicyclic amines) is 1. The van der Waals surface area contributed by atoms with Crippen molar-refractivity contribution in [1.29, 1.82) is 0 Å². The number of fused-ring (bicyclic) bond motifs is 1. The highest BCUT2D eigenvalue weighted by Gasteiger charge is 2.29. The number of aromatic nitrogens is 2. The van der Waals surface area contributed by atoms with Crippen molar-refractivity contribution in [2.45, 2.75) is 70.3 Å². The number of carbonyl (C=O) groups is 1. The molecule has 3 heterocycles. The molecule has 0 spiro atoms. The van der Waals surface area contributed by atoms with E-state index in [1.165, 1.54) is 36.9 Å². The number of nitrogens with one attached hydrogen (secondary N) is 1. The van der Waals surface area contributed by atoms with Crippen LogP contribution < -0.4 is 5.32 Å². The standard InChI is InChI=1S/C22H35N5O/c1-23-22-18-15-26(2)13-11-19(18)24-21(25-22)17-8-5-12-27(14-17)20(28)10-9-16-6-3-4-7-16/h16-17H,3-15H2,1-2H3,(H,23,24,25)/t17-/m1/s1. The van der Waals surface area contributed by atoms with E-state index in [-0.39, 0.29) is 5.92 Å². The molecular weight excluding hydrogens is 350 g/mol. The Morgan fingerprint density at radius 2 is 1.96 bits per heavy atom. The second kappa shape index (κ2) is 8.76. The first-order chi connectivity index (χ1) is 13.6. The lowest BCUT2D eigenvalue weighted by molar-refractivity contribution is -0.132. The van der Waals surface area contributed by atoms with Gasteiger partial charge in [-0.05, 0) is 32.2 Å². The fourth-order valence-corrected chi connectivity index (χ4v) is 5.16. The smallest absolute Gasteiger partial charge is 0.222 e. The van der Waals surface area contributed by atoms with Crippen molar-refractivity contribution in [1.82, 2.24) is 19.8 Å². The second-order valence-electron chi connectivity index (χ2n) is 8.96. The van der Waals surface area contributed by atoms with Gasteiger partial charge in [0.1, 0.15) is 11.6 Å². The number of anilines is 1. The second-order valence-corrected chi connectivity index (χ2v) is 8.96. The van der Waals surface area contributed by atoms with Crippen molar-refractivity contribution in [2.24, 2.45) is 5.92 Å². The molecule has 1 N–H and O–H groups in total. The minimum atomic E-state index is 0.265. The van der Waals surface area contributed by atoms with Gasteiger partial charge in [0.05, 0.1) is 5.69 Å². The summed E-state index contributed by atoms with van der Waals surface area (Å²) in [6, 6.07) is 0. The summed E-state index contributed by atoms with van der Waals surface area (Å²) in [7, 11) is 4.09. The van der Waals surface area contributed by atoms with Crippen LogP contribution in [0.25, 0.3) is 0 Å². The fraction of sp³-hybridized carbons (Fsp3) is 0.773. The average molecular weight is 386 g/mol. The summed E-state index contributed by atoms with van der Waals surface area (Å²) >= 11 is 0. The third-order valence-electron chi connectivity index (χ3n) is 6.89. The van der Waals surface area contributed by atoms with Gasteiger partial charge in [-0.25, -0.2) is 9.97 Å². The van der Waals surface area contributed by atoms with Gasteiger partial charge in [-0.2, -0.15) is 0 Å². The number of amides is 1. The van der Waals surface area contributed by atoms with E-state index in [1.54, 1.807) is 0 Å². The van der Waals surface area contributed by atoms with Gasteiger partial charge in [0.15, 0.2) is 0 Å². The van der Waals surface area contributed by atoms with Gasteiger partial charge < -0.3 is 15.1 Å². The topological polar surface area (TPSA) is 61.4 Å². The fourth-order valence-electron chi connectivity index (χ4n) is 5.16. The summed E-state index contributed by atoms with van der Waals surface area (Å²) in [5, 5.41) is 3.28. The van der Waals surface area contributed by atoms with E-state index in [0.717, 1.165) is 75.8 Å². The van der Waals surface area contributed by atoms with Crippen LogP contribution in [0.5, 0.6) is 0 Å². The van der Waals surface area contributed by atoms with Gasteiger partial charge >= 0.3 is 0 Å². The molecule has 6 nitrogen and oxygen atoms in total. The first-order valence-electron chi connectivity index (χ1n) is 11.2. The van der Waals surface area contributed by atoms with Crippen molar-refractivity contribution in [3.05, 3.63) is 17.1 Å². The third-order valence-corrected chi connectivity index (χ3v) is 6.89. The van der Waals surface area contributed by atoms with E-state index < -0.39 is 0 Å². The van der Waals surface area contributed by atoms with Crippen molar-refractivity contribution in [3.63, 3.8) is 0 Å². The number of likely N-dealkylation sites (N-methyl/N-ethyl adjacent to an activating group) is 1. The summed E-state index contributed by atoms with van der Waals surface area (Å²) in [4.78, 5) is 27.0. The van der Waals surface area contributed by atoms with Gasteiger partial charge in [-0.1, -0.05) is 25.7 Å². The number of rotatable bonds is 5. The Bertz CT molecular complexity index is 683. The number of hydrogen-bond acceptors (Lipinski definition) is 5. The normalized spacial score (nSPS) is 23.6. The quantitative estimate of drug-likeness (QED) is 0.843. The Balaban J connectivity index is 1.43. The summed E-state index contributed by atoms with van der Waals surface area (Å²) < 4.78 is 0. The van der Waals surface area contributed by atoms with Crippen molar-refractivity contribution in [2.75, 3.05) is 39.0 Å². The maximum absolute atomic E-state index is 12.8. The van der Waals surface area contributed by atoms with Crippen LogP contribution in [-0.2, 0) is 17.8 Å². The zero-order valence-electron chi connectivity index (χ0n) is 17.5. The molecule has 2 aliphatic heterocycles. The van der Waals surface area contributed by atoms with Gasteiger partial charge in [0.2, 0.25) is 5.91 Å². The highest BCUT2D eigenvalue weighted by molar-refractivity contribution is 5.76. The van der Waals surface area contributed by atoms with E-state index in [0.29, 0.717) is 5.91 Å². The molecule has 2 fully saturated rings. The summed E-state index contributed by atoms with van der Waals surface area (Å²) in [6.07, 6.45) is 10.2. The van der Waals surface area contributed by atoms with Crippen molar-refractivity contribution >= 4 is 11.7 Å².